The van der Waals surface area contributed by atoms with Gasteiger partial charge in [-0.25, -0.2) is 14.5 Å². The van der Waals surface area contributed by atoms with Crippen LogP contribution in [-0.2, 0) is 19.5 Å². The summed E-state index contributed by atoms with van der Waals surface area (Å²) in [5.74, 6) is 2.05. The highest BCUT2D eigenvalue weighted by Crippen LogP contribution is 2.36. The fraction of sp³-hybridized carbons (Fsp3) is 0.263. The number of nitrogens with zero attached hydrogens (tertiary/aromatic N) is 7. The molecule has 28 heavy (non-hydrogen) atoms. The van der Waals surface area contributed by atoms with E-state index in [0.717, 1.165) is 41.1 Å². The molecule has 6 rings (SSSR count). The van der Waals surface area contributed by atoms with Crippen molar-refractivity contribution in [1.29, 1.82) is 0 Å². The molecule has 1 aliphatic heterocycles. The predicted molar refractivity (Wildman–Crippen MR) is 105 cm³/mol. The third-order valence-electron chi connectivity index (χ3n) is 5.13. The number of hydrogen-bond acceptors (Lipinski definition) is 7. The number of hydrogen-bond donors (Lipinski definition) is 0. The Bertz CT molecular complexity index is 1300. The van der Waals surface area contributed by atoms with Crippen LogP contribution in [0.2, 0.25) is 0 Å². The van der Waals surface area contributed by atoms with E-state index in [0.29, 0.717) is 18.1 Å². The molecule has 0 aliphatic carbocycles. The van der Waals surface area contributed by atoms with Crippen molar-refractivity contribution in [3.8, 4) is 11.6 Å². The van der Waals surface area contributed by atoms with Gasteiger partial charge in [0.05, 0.1) is 11.9 Å². The fourth-order valence-corrected chi connectivity index (χ4v) is 5.02. The third kappa shape index (κ3) is 2.47. The highest BCUT2D eigenvalue weighted by atomic mass is 32.1. The Morgan fingerprint density at radius 1 is 1.29 bits per heavy atom. The van der Waals surface area contributed by atoms with Gasteiger partial charge in [0.2, 0.25) is 5.82 Å². The summed E-state index contributed by atoms with van der Waals surface area (Å²) in [7, 11) is 2.16. The summed E-state index contributed by atoms with van der Waals surface area (Å²) in [5, 5.41) is 9.96. The Morgan fingerprint density at radius 3 is 3.14 bits per heavy atom. The second-order valence-electron chi connectivity index (χ2n) is 7.09. The van der Waals surface area contributed by atoms with Gasteiger partial charge >= 0.3 is 0 Å². The molecule has 0 saturated heterocycles. The topological polar surface area (TPSA) is 77.3 Å². The minimum Gasteiger partial charge on any atom is -0.456 e. The maximum absolute atomic E-state index is 5.97. The molecule has 140 valence electrons. The molecule has 9 heteroatoms. The summed E-state index contributed by atoms with van der Waals surface area (Å²) < 4.78 is 9.55. The molecular weight excluding hydrogens is 374 g/mol. The average molecular weight is 391 g/mol. The summed E-state index contributed by atoms with van der Waals surface area (Å²) in [4.78, 5) is 14.2. The van der Waals surface area contributed by atoms with Crippen LogP contribution in [0.5, 0.6) is 0 Å². The van der Waals surface area contributed by atoms with E-state index in [1.165, 1.54) is 10.4 Å². The largest absolute Gasteiger partial charge is 0.456 e. The lowest BCUT2D eigenvalue weighted by atomic mass is 10.1. The first kappa shape index (κ1) is 16.0. The maximum Gasteiger partial charge on any atom is 0.217 e. The summed E-state index contributed by atoms with van der Waals surface area (Å²) in [5.41, 5.74) is 2.22. The first-order chi connectivity index (χ1) is 13.7. The minimum absolute atomic E-state index is 0.578. The van der Waals surface area contributed by atoms with Crippen LogP contribution in [0.3, 0.4) is 0 Å². The minimum atomic E-state index is 0.578. The molecular formula is C19H17N7OS. The van der Waals surface area contributed by atoms with Gasteiger partial charge in [-0.05, 0) is 37.2 Å². The van der Waals surface area contributed by atoms with Gasteiger partial charge in [0.25, 0.3) is 0 Å². The molecule has 1 aliphatic rings. The molecule has 0 saturated carbocycles. The molecule has 0 bridgehead atoms. The van der Waals surface area contributed by atoms with Gasteiger partial charge in [0, 0.05) is 30.4 Å². The van der Waals surface area contributed by atoms with Crippen LogP contribution in [0, 0.1) is 0 Å². The monoisotopic (exact) mass is 391 g/mol. The molecule has 0 unspecified atom stereocenters. The standard InChI is InChI=1S/C19H17N7OS/c1-24-8-5-13-15(10-24)28-19-16(13)18-22-17(23-26(18)11-20-19)14-4-3-12(27-14)9-25-7-2-6-21-25/h2-4,6-7,11H,5,8-10H2,1H3. The first-order valence-corrected chi connectivity index (χ1v) is 9.97. The Morgan fingerprint density at radius 2 is 2.25 bits per heavy atom. The summed E-state index contributed by atoms with van der Waals surface area (Å²) >= 11 is 1.76. The van der Waals surface area contributed by atoms with Gasteiger partial charge in [-0.15, -0.1) is 16.4 Å². The molecule has 0 amide bonds. The number of thiophene rings is 1. The maximum atomic E-state index is 5.97. The van der Waals surface area contributed by atoms with Gasteiger partial charge in [0.1, 0.15) is 16.9 Å². The van der Waals surface area contributed by atoms with Crippen LogP contribution in [-0.4, -0.2) is 47.9 Å². The lowest BCUT2D eigenvalue weighted by Crippen LogP contribution is -2.25. The number of rotatable bonds is 3. The highest BCUT2D eigenvalue weighted by Gasteiger charge is 2.23. The van der Waals surface area contributed by atoms with Gasteiger partial charge in [0.15, 0.2) is 11.4 Å². The molecule has 0 radical (unpaired) electrons. The van der Waals surface area contributed by atoms with E-state index >= 15 is 0 Å². The molecule has 6 heterocycles. The van der Waals surface area contributed by atoms with Crippen molar-refractivity contribution < 1.29 is 4.42 Å². The van der Waals surface area contributed by atoms with E-state index in [1.807, 2.05) is 29.1 Å². The number of likely N-dealkylation sites (N-methyl/N-ethyl adjacent to an activating group) is 1. The zero-order valence-electron chi connectivity index (χ0n) is 15.2. The Hall–Kier alpha value is -3.04. The smallest absolute Gasteiger partial charge is 0.217 e. The van der Waals surface area contributed by atoms with Crippen LogP contribution >= 0.6 is 11.3 Å². The molecule has 0 N–H and O–H groups in total. The molecule has 0 fully saturated rings. The van der Waals surface area contributed by atoms with Crippen molar-refractivity contribution in [2.45, 2.75) is 19.5 Å². The van der Waals surface area contributed by atoms with Crippen LogP contribution in [0.1, 0.15) is 16.2 Å². The van der Waals surface area contributed by atoms with E-state index in [-0.39, 0.29) is 0 Å². The van der Waals surface area contributed by atoms with Gasteiger partial charge in [-0.1, -0.05) is 0 Å². The first-order valence-electron chi connectivity index (χ1n) is 9.15. The van der Waals surface area contributed by atoms with Crippen LogP contribution < -0.4 is 0 Å². The normalized spacial score (nSPS) is 14.9. The zero-order chi connectivity index (χ0) is 18.7. The van der Waals surface area contributed by atoms with Crippen molar-refractivity contribution in [1.82, 2.24) is 34.3 Å². The van der Waals surface area contributed by atoms with E-state index in [9.17, 15) is 0 Å². The van der Waals surface area contributed by atoms with E-state index in [1.54, 1.807) is 28.4 Å². The Kier molecular flexibility index (Phi) is 3.41. The average Bonchev–Trinajstić information content (AvgIpc) is 3.46. The van der Waals surface area contributed by atoms with Gasteiger partial charge in [-0.2, -0.15) is 5.10 Å². The molecule has 0 atom stereocenters. The van der Waals surface area contributed by atoms with Crippen molar-refractivity contribution >= 4 is 27.2 Å². The van der Waals surface area contributed by atoms with Crippen LogP contribution in [0.15, 0.2) is 41.3 Å². The summed E-state index contributed by atoms with van der Waals surface area (Å²) in [6.07, 6.45) is 6.42. The number of furan rings is 1. The SMILES string of the molecule is CN1CCc2c(sc3ncn4nc(-c5ccc(Cn6cccn6)o5)nc4c23)C1. The number of fused-ring (bicyclic) bond motifs is 5. The summed E-state index contributed by atoms with van der Waals surface area (Å²) in [6.45, 7) is 2.60. The highest BCUT2D eigenvalue weighted by molar-refractivity contribution is 7.19. The zero-order valence-corrected chi connectivity index (χ0v) is 16.1. The third-order valence-corrected chi connectivity index (χ3v) is 6.25. The van der Waals surface area contributed by atoms with Crippen molar-refractivity contribution in [2.75, 3.05) is 13.6 Å². The van der Waals surface area contributed by atoms with Crippen LogP contribution in [0.4, 0.5) is 0 Å². The van der Waals surface area contributed by atoms with E-state index in [2.05, 4.69) is 27.1 Å². The number of aromatic nitrogens is 6. The molecule has 8 nitrogen and oxygen atoms in total. The lowest BCUT2D eigenvalue weighted by Gasteiger charge is -2.21. The van der Waals surface area contributed by atoms with Crippen molar-refractivity contribution in [3.05, 3.63) is 53.1 Å². The second kappa shape index (κ2) is 5.98. The molecule has 0 spiro atoms. The van der Waals surface area contributed by atoms with E-state index < -0.39 is 0 Å². The Labute approximate surface area is 164 Å². The van der Waals surface area contributed by atoms with Crippen molar-refractivity contribution in [3.63, 3.8) is 0 Å². The molecule has 5 aromatic heterocycles. The van der Waals surface area contributed by atoms with E-state index in [4.69, 9.17) is 9.40 Å². The van der Waals surface area contributed by atoms with Crippen molar-refractivity contribution in [2.24, 2.45) is 0 Å². The van der Waals surface area contributed by atoms with Crippen LogP contribution in [0.25, 0.3) is 27.4 Å². The quantitative estimate of drug-likeness (QED) is 0.471. The van der Waals surface area contributed by atoms with Gasteiger partial charge < -0.3 is 9.32 Å². The lowest BCUT2D eigenvalue weighted by molar-refractivity contribution is 0.318. The summed E-state index contributed by atoms with van der Waals surface area (Å²) in [6, 6.07) is 5.75. The van der Waals surface area contributed by atoms with Gasteiger partial charge in [-0.3, -0.25) is 4.68 Å². The Balaban J connectivity index is 1.43. The second-order valence-corrected chi connectivity index (χ2v) is 8.17. The molecule has 0 aromatic carbocycles. The molecule has 5 aromatic rings. The fourth-order valence-electron chi connectivity index (χ4n) is 3.76. The predicted octanol–water partition coefficient (Wildman–Crippen LogP) is 2.83.